The molecule has 0 saturated heterocycles. The normalized spacial score (nSPS) is 21.3. The fraction of sp³-hybridized carbons (Fsp3) is 0.455. The van der Waals surface area contributed by atoms with Crippen molar-refractivity contribution in [3.05, 3.63) is 71.8 Å². The topological polar surface area (TPSA) is 6.48 Å². The summed E-state index contributed by atoms with van der Waals surface area (Å²) in [7, 11) is 4.60. The van der Waals surface area contributed by atoms with E-state index in [0.717, 1.165) is 13.1 Å². The first-order chi connectivity index (χ1) is 11.7. The fourth-order valence-corrected chi connectivity index (χ4v) is 4.10. The van der Waals surface area contributed by atoms with Gasteiger partial charge in [-0.15, -0.1) is 0 Å². The third kappa shape index (κ3) is 4.46. The van der Waals surface area contributed by atoms with Crippen molar-refractivity contribution in [3.8, 4) is 0 Å². The molecule has 0 bridgehead atoms. The molecular formula is C22H30N2. The third-order valence-corrected chi connectivity index (χ3v) is 5.38. The molecular weight excluding hydrogens is 292 g/mol. The van der Waals surface area contributed by atoms with Crippen LogP contribution in [0.2, 0.25) is 0 Å². The largest absolute Gasteiger partial charge is 0.298 e. The van der Waals surface area contributed by atoms with E-state index in [1.807, 2.05) is 0 Å². The van der Waals surface area contributed by atoms with E-state index in [2.05, 4.69) is 84.6 Å². The van der Waals surface area contributed by atoms with E-state index >= 15 is 0 Å². The highest BCUT2D eigenvalue weighted by molar-refractivity contribution is 5.16. The lowest BCUT2D eigenvalue weighted by atomic mass is 9.88. The Kier molecular flexibility index (Phi) is 6.06. The summed E-state index contributed by atoms with van der Waals surface area (Å²) < 4.78 is 0. The maximum Gasteiger partial charge on any atom is 0.0252 e. The van der Waals surface area contributed by atoms with Crippen LogP contribution in [0.3, 0.4) is 0 Å². The van der Waals surface area contributed by atoms with Crippen molar-refractivity contribution in [1.29, 1.82) is 0 Å². The fourth-order valence-electron chi connectivity index (χ4n) is 4.10. The van der Waals surface area contributed by atoms with Gasteiger partial charge in [-0.2, -0.15) is 0 Å². The van der Waals surface area contributed by atoms with Gasteiger partial charge < -0.3 is 0 Å². The number of nitrogens with zero attached hydrogens (tertiary/aromatic N) is 2. The van der Waals surface area contributed by atoms with Gasteiger partial charge in [0.25, 0.3) is 0 Å². The van der Waals surface area contributed by atoms with Crippen molar-refractivity contribution >= 4 is 0 Å². The molecule has 0 aromatic heterocycles. The molecule has 1 aliphatic rings. The zero-order valence-corrected chi connectivity index (χ0v) is 15.1. The van der Waals surface area contributed by atoms with E-state index < -0.39 is 0 Å². The molecule has 0 heterocycles. The van der Waals surface area contributed by atoms with Gasteiger partial charge in [0, 0.05) is 25.2 Å². The molecule has 128 valence electrons. The van der Waals surface area contributed by atoms with Gasteiger partial charge in [0.05, 0.1) is 0 Å². The summed E-state index contributed by atoms with van der Waals surface area (Å²) in [5.74, 6) is 0. The predicted octanol–water partition coefficient (Wildman–Crippen LogP) is 4.56. The number of rotatable bonds is 6. The maximum absolute atomic E-state index is 2.57. The molecule has 2 aromatic rings. The van der Waals surface area contributed by atoms with Crippen molar-refractivity contribution in [2.45, 2.75) is 50.9 Å². The lowest BCUT2D eigenvalue weighted by Crippen LogP contribution is -2.50. The minimum Gasteiger partial charge on any atom is -0.298 e. The van der Waals surface area contributed by atoms with Gasteiger partial charge in [-0.25, -0.2) is 0 Å². The number of hydrogen-bond acceptors (Lipinski definition) is 2. The zero-order chi connectivity index (χ0) is 16.8. The monoisotopic (exact) mass is 322 g/mol. The van der Waals surface area contributed by atoms with Gasteiger partial charge in [-0.3, -0.25) is 9.80 Å². The summed E-state index contributed by atoms with van der Waals surface area (Å²) in [5, 5.41) is 0. The average molecular weight is 322 g/mol. The van der Waals surface area contributed by atoms with Crippen LogP contribution >= 0.6 is 0 Å². The SMILES string of the molecule is CN(Cc1ccccc1)[C@@H]1CCCC[C@H]1N(C)Cc1ccccc1. The van der Waals surface area contributed by atoms with E-state index in [-0.39, 0.29) is 0 Å². The molecule has 3 rings (SSSR count). The van der Waals surface area contributed by atoms with Crippen LogP contribution in [0.4, 0.5) is 0 Å². The Morgan fingerprint density at radius 2 is 1.04 bits per heavy atom. The number of benzene rings is 2. The quantitative estimate of drug-likeness (QED) is 0.769. The minimum absolute atomic E-state index is 0.646. The number of likely N-dealkylation sites (N-methyl/N-ethyl adjacent to an activating group) is 2. The number of hydrogen-bond donors (Lipinski definition) is 0. The van der Waals surface area contributed by atoms with E-state index in [4.69, 9.17) is 0 Å². The van der Waals surface area contributed by atoms with Crippen molar-refractivity contribution in [1.82, 2.24) is 9.80 Å². The lowest BCUT2D eigenvalue weighted by molar-refractivity contribution is 0.0693. The second-order valence-corrected chi connectivity index (χ2v) is 7.22. The van der Waals surface area contributed by atoms with E-state index in [0.29, 0.717) is 12.1 Å². The Morgan fingerprint density at radius 1 is 0.667 bits per heavy atom. The Morgan fingerprint density at radius 3 is 1.42 bits per heavy atom. The minimum atomic E-state index is 0.646. The average Bonchev–Trinajstić information content (AvgIpc) is 2.63. The molecule has 0 spiro atoms. The standard InChI is InChI=1S/C22H30N2/c1-23(17-19-11-5-3-6-12-19)21-15-9-10-16-22(21)24(2)18-20-13-7-4-8-14-20/h3-8,11-14,21-22H,9-10,15-18H2,1-2H3/t21-,22-/m1/s1. The highest BCUT2D eigenvalue weighted by Gasteiger charge is 2.31. The van der Waals surface area contributed by atoms with Crippen LogP contribution in [0, 0.1) is 0 Å². The second-order valence-electron chi connectivity index (χ2n) is 7.22. The van der Waals surface area contributed by atoms with Crippen LogP contribution in [0.1, 0.15) is 36.8 Å². The molecule has 0 unspecified atom stereocenters. The first kappa shape index (κ1) is 17.2. The van der Waals surface area contributed by atoms with Gasteiger partial charge in [-0.05, 0) is 38.1 Å². The van der Waals surface area contributed by atoms with Crippen molar-refractivity contribution in [3.63, 3.8) is 0 Å². The molecule has 2 nitrogen and oxygen atoms in total. The molecule has 24 heavy (non-hydrogen) atoms. The highest BCUT2D eigenvalue weighted by atomic mass is 15.2. The summed E-state index contributed by atoms with van der Waals surface area (Å²) >= 11 is 0. The van der Waals surface area contributed by atoms with Crippen molar-refractivity contribution in [2.24, 2.45) is 0 Å². The Balaban J connectivity index is 1.66. The Hall–Kier alpha value is -1.64. The molecule has 0 N–H and O–H groups in total. The molecule has 0 radical (unpaired) electrons. The molecule has 1 aliphatic carbocycles. The summed E-state index contributed by atoms with van der Waals surface area (Å²) in [6, 6.07) is 23.0. The Labute approximate surface area is 147 Å². The smallest absolute Gasteiger partial charge is 0.0252 e. The van der Waals surface area contributed by atoms with Crippen molar-refractivity contribution < 1.29 is 0 Å². The van der Waals surface area contributed by atoms with Crippen LogP contribution < -0.4 is 0 Å². The van der Waals surface area contributed by atoms with Gasteiger partial charge in [0.2, 0.25) is 0 Å². The van der Waals surface area contributed by atoms with Gasteiger partial charge in [-0.1, -0.05) is 73.5 Å². The third-order valence-electron chi connectivity index (χ3n) is 5.38. The van der Waals surface area contributed by atoms with Crippen LogP contribution in [-0.2, 0) is 13.1 Å². The lowest BCUT2D eigenvalue weighted by Gasteiger charge is -2.42. The summed E-state index contributed by atoms with van der Waals surface area (Å²) in [6.45, 7) is 2.09. The van der Waals surface area contributed by atoms with Gasteiger partial charge in [0.1, 0.15) is 0 Å². The maximum atomic E-state index is 2.57. The molecule has 1 fully saturated rings. The molecule has 2 aromatic carbocycles. The van der Waals surface area contributed by atoms with Crippen LogP contribution in [0.5, 0.6) is 0 Å². The van der Waals surface area contributed by atoms with E-state index in [9.17, 15) is 0 Å². The Bertz CT molecular complexity index is 540. The highest BCUT2D eigenvalue weighted by Crippen LogP contribution is 2.27. The molecule has 0 amide bonds. The van der Waals surface area contributed by atoms with Crippen LogP contribution in [0.25, 0.3) is 0 Å². The molecule has 2 atom stereocenters. The zero-order valence-electron chi connectivity index (χ0n) is 15.1. The molecule has 1 saturated carbocycles. The van der Waals surface area contributed by atoms with E-state index in [1.165, 1.54) is 36.8 Å². The first-order valence-electron chi connectivity index (χ1n) is 9.22. The van der Waals surface area contributed by atoms with E-state index in [1.54, 1.807) is 0 Å². The summed E-state index contributed by atoms with van der Waals surface area (Å²) in [5.41, 5.74) is 2.82. The summed E-state index contributed by atoms with van der Waals surface area (Å²) in [6.07, 6.45) is 5.35. The first-order valence-corrected chi connectivity index (χ1v) is 9.22. The predicted molar refractivity (Wildman–Crippen MR) is 102 cm³/mol. The van der Waals surface area contributed by atoms with Crippen molar-refractivity contribution in [2.75, 3.05) is 14.1 Å². The van der Waals surface area contributed by atoms with Gasteiger partial charge in [0.15, 0.2) is 0 Å². The molecule has 2 heteroatoms. The second kappa shape index (κ2) is 8.46. The van der Waals surface area contributed by atoms with Crippen LogP contribution in [0.15, 0.2) is 60.7 Å². The summed E-state index contributed by atoms with van der Waals surface area (Å²) in [4.78, 5) is 5.14. The van der Waals surface area contributed by atoms with Crippen LogP contribution in [-0.4, -0.2) is 36.0 Å². The van der Waals surface area contributed by atoms with Gasteiger partial charge >= 0.3 is 0 Å². The molecule has 0 aliphatic heterocycles.